The first-order chi connectivity index (χ1) is 57.3. The van der Waals surface area contributed by atoms with Crippen LogP contribution >= 0.6 is 105 Å². The summed E-state index contributed by atoms with van der Waals surface area (Å²) in [6, 6.07) is 44.4. The maximum absolute atomic E-state index is 12.2. The van der Waals surface area contributed by atoms with E-state index in [1.165, 1.54) is 34.9 Å². The van der Waals surface area contributed by atoms with Crippen molar-refractivity contribution >= 4 is 211 Å². The molecule has 11 aromatic rings. The van der Waals surface area contributed by atoms with Gasteiger partial charge in [-0.05, 0) is 137 Å². The maximum atomic E-state index is 12.2. The Morgan fingerprint density at radius 1 is 0.472 bits per heavy atom. The van der Waals surface area contributed by atoms with Gasteiger partial charge in [-0.15, -0.1) is 60.4 Å². The van der Waals surface area contributed by atoms with Crippen molar-refractivity contribution in [3.8, 4) is 28.7 Å². The van der Waals surface area contributed by atoms with Gasteiger partial charge in [0.25, 0.3) is 0 Å². The number of nitrogens with zero attached hydrogens (tertiary/aromatic N) is 9. The van der Waals surface area contributed by atoms with Crippen LogP contribution in [0.4, 0.5) is 38.5 Å². The molecular formula is C85H116BrCl5FIN17Na2O12P. The molecule has 29 nitrogen and oxygen atoms in total. The number of nitrogens with one attached hydrogen (secondary N) is 5. The third-order valence-corrected chi connectivity index (χ3v) is 21.7. The summed E-state index contributed by atoms with van der Waals surface area (Å²) in [5.74, 6) is 6.86. The van der Waals surface area contributed by atoms with Crippen LogP contribution in [0.15, 0.2) is 175 Å². The number of piperazine rings is 4. The van der Waals surface area contributed by atoms with E-state index in [9.17, 15) is 18.8 Å². The Hall–Kier alpha value is -6.52. The summed E-state index contributed by atoms with van der Waals surface area (Å²) in [6.45, 7) is 19.6. The summed E-state index contributed by atoms with van der Waals surface area (Å²) in [5, 5.41) is 46.0. The van der Waals surface area contributed by atoms with Crippen LogP contribution < -0.4 is 146 Å². The van der Waals surface area contributed by atoms with Crippen LogP contribution in [0.2, 0.25) is 0 Å². The largest absolute Gasteiger partial charge is 1.00 e. The molecule has 6 aromatic carbocycles. The zero-order valence-electron chi connectivity index (χ0n) is 71.0. The number of aliphatic carboxylic acids is 2. The van der Waals surface area contributed by atoms with Gasteiger partial charge in [-0.2, -0.15) is 0 Å². The van der Waals surface area contributed by atoms with Gasteiger partial charge in [0.2, 0.25) is 0 Å². The monoisotopic (exact) mass is 2040 g/mol. The van der Waals surface area contributed by atoms with Gasteiger partial charge in [-0.3, -0.25) is 39.3 Å². The number of methoxy groups -OCH3 is 5. The number of hydrogen-bond donors (Lipinski definition) is 10. The molecule has 0 saturated carbocycles. The molecule has 15 rings (SSSR count). The second-order valence-corrected chi connectivity index (χ2v) is 30.2. The first-order valence-electron chi connectivity index (χ1n) is 38.2. The first kappa shape index (κ1) is 121. The molecule has 0 spiro atoms. The molecule has 125 heavy (non-hydrogen) atoms. The zero-order valence-corrected chi connectivity index (χ0v) is 83.7. The third-order valence-electron chi connectivity index (χ3n) is 18.0. The van der Waals surface area contributed by atoms with Gasteiger partial charge >= 0.3 is 71.1 Å². The van der Waals surface area contributed by atoms with Crippen LogP contribution in [-0.2, 0) is 14.4 Å². The molecular weight excluding hydrogens is 1930 g/mol. The fourth-order valence-corrected chi connectivity index (χ4v) is 12.8. The number of alkyl halides is 2. The molecule has 40 heteroatoms. The van der Waals surface area contributed by atoms with Crippen LogP contribution in [0.3, 0.4) is 0 Å². The fraction of sp³-hybridized carbons (Fsp3) is 0.365. The number of rotatable bonds is 19. The standard InChI is InChI=1S/4C14H17N3O.C10H10N2O.C6H5BrFN.C6H10O4.C4H9Cl2N.C2H4IOP.CH4.3ClH.H2NO.2Na.H2O/c4*1-18-12-9-11-3-2-4-16-14(11)13(10-12)17-7-5-15-6-8-17;1-13-8-5-7-3-2-4-12-10(7)9(11)6-8;7-5-2-1-4(8)3-6(5)9;7-5(8)3-1-2-4-6(9)10;5-1-3-7-4-2-6;1-2(4)5-3;;;;;1-2;;;/h4*2-4,9-10,15H,5-8H2,1H3;2-6H,11H2,1H3;1-3H,9H2;1-4H2,(H,7,8)(H,9,10);7H,1-4H2;5H,1H3;1H4;3*1H;1H2;;;1H2/q;;;;;;;;;;;;;-1;2*+1;/p-1. The Labute approximate surface area is 828 Å². The Kier molecular flexibility index (Phi) is 67.0. The summed E-state index contributed by atoms with van der Waals surface area (Å²) < 4.78 is 39.6. The Morgan fingerprint density at radius 3 is 0.944 bits per heavy atom. The van der Waals surface area contributed by atoms with Crippen molar-refractivity contribution in [2.75, 3.05) is 196 Å². The van der Waals surface area contributed by atoms with Crippen LogP contribution in [0.5, 0.6) is 28.7 Å². The van der Waals surface area contributed by atoms with Crippen LogP contribution in [0.1, 0.15) is 40.0 Å². The summed E-state index contributed by atoms with van der Waals surface area (Å²) >= 11 is 15.9. The predicted molar refractivity (Wildman–Crippen MR) is 524 cm³/mol. The Morgan fingerprint density at radius 2 is 0.720 bits per heavy atom. The number of fused-ring (bicyclic) bond motifs is 5. The molecule has 676 valence electrons. The smallest absolute Gasteiger partial charge is 0.870 e. The van der Waals surface area contributed by atoms with Gasteiger partial charge in [0, 0.05) is 247 Å². The van der Waals surface area contributed by atoms with Gasteiger partial charge in [-0.1, -0.05) is 37.8 Å². The number of anilines is 6. The van der Waals surface area contributed by atoms with E-state index in [4.69, 9.17) is 73.8 Å². The number of hydrogen-bond acceptors (Lipinski definition) is 27. The topological polar surface area (TPSA) is 406 Å². The predicted octanol–water partition coefficient (Wildman–Crippen LogP) is 9.11. The first-order valence-corrected chi connectivity index (χ1v) is 44.1. The van der Waals surface area contributed by atoms with Crippen molar-refractivity contribution in [3.63, 3.8) is 0 Å². The molecule has 9 heterocycles. The zero-order chi connectivity index (χ0) is 85.4. The van der Waals surface area contributed by atoms with E-state index in [0.717, 1.165) is 206 Å². The van der Waals surface area contributed by atoms with Gasteiger partial charge in [0.05, 0.1) is 91.6 Å². The van der Waals surface area contributed by atoms with E-state index in [0.29, 0.717) is 42.2 Å². The Balaban J connectivity index is 0. The number of aromatic nitrogens is 5. The molecule has 4 saturated heterocycles. The molecule has 0 bridgehead atoms. The minimum absolute atomic E-state index is 0. The van der Waals surface area contributed by atoms with Crippen LogP contribution in [-0.4, -0.2) is 223 Å². The van der Waals surface area contributed by atoms with E-state index < -0.39 is 11.9 Å². The fourth-order valence-electron chi connectivity index (χ4n) is 12.3. The number of nitrogen functional groups attached to an aromatic ring is 2. The molecule has 0 amide bonds. The number of carboxylic acids is 2. The molecule has 0 aliphatic carbocycles. The van der Waals surface area contributed by atoms with Gasteiger partial charge < -0.3 is 108 Å². The number of carbonyl (C=O) groups excluding carboxylic acids is 1. The van der Waals surface area contributed by atoms with Crippen molar-refractivity contribution < 1.29 is 117 Å². The van der Waals surface area contributed by atoms with Crippen molar-refractivity contribution in [3.05, 3.63) is 186 Å². The van der Waals surface area contributed by atoms with Crippen molar-refractivity contribution in [1.29, 1.82) is 0 Å². The Bertz CT molecular complexity index is 4440. The quantitative estimate of drug-likeness (QED) is 0.00685. The average molecular weight is 2050 g/mol. The van der Waals surface area contributed by atoms with E-state index in [1.54, 1.807) is 60.8 Å². The number of benzene rings is 6. The van der Waals surface area contributed by atoms with Crippen molar-refractivity contribution in [1.82, 2.24) is 51.5 Å². The molecule has 4 fully saturated rings. The third kappa shape index (κ3) is 42.3. The number of ether oxygens (including phenoxy) is 5. The molecule has 1 atom stereocenters. The molecule has 5 aromatic heterocycles. The summed E-state index contributed by atoms with van der Waals surface area (Å²) in [4.78, 5) is 61.3. The van der Waals surface area contributed by atoms with Crippen LogP contribution in [0, 0.1) is 11.0 Å². The van der Waals surface area contributed by atoms with Gasteiger partial charge in [0.15, 0.2) is 5.52 Å². The number of unbranched alkanes of at least 4 members (excludes halogenated alkanes) is 1. The maximum Gasteiger partial charge on any atom is 1.00 e. The van der Waals surface area contributed by atoms with Crippen molar-refractivity contribution in [2.45, 2.75) is 40.0 Å². The normalized spacial score (nSPS) is 12.6. The molecule has 0 radical (unpaired) electrons. The molecule has 1 unspecified atom stereocenters. The molecule has 4 aliphatic heterocycles. The second kappa shape index (κ2) is 69.5. The number of carbonyl (C=O) groups is 3. The van der Waals surface area contributed by atoms with E-state index in [2.05, 4.69) is 164 Å². The number of carboxylic acid groups (broad SMARTS) is 2. The summed E-state index contributed by atoms with van der Waals surface area (Å²) in [7, 11) is 8.45. The van der Waals surface area contributed by atoms with E-state index >= 15 is 0 Å². The van der Waals surface area contributed by atoms with E-state index in [1.807, 2.05) is 91.5 Å². The van der Waals surface area contributed by atoms with Gasteiger partial charge in [0.1, 0.15) is 34.6 Å². The molecule has 4 aliphatic rings. The average Bonchev–Trinajstić information content (AvgIpc) is 0.814. The SMILES string of the molecule is C.CC(=O)PI.COc1cc(N)c2ncccc2c1.COc1cc(N2CCNCC2)c2ncccc2c1.COc1cc(N2CCNCC2)c2ncccc2c1.COc1cc(N2CCNCC2)c2ncccc2c1.COc1cc(N2CCNCC2)c2ncccc2c1.Cl.Cl.Cl.ClCCNCCCl.N[O-].Nc1cc(F)ccc1Br.O=C(O)CCCCC(=O)O.[Na+].[Na+].[OH-]. The number of halogens is 8. The number of nitrogens with two attached hydrogens (primary N) is 3. The summed E-state index contributed by atoms with van der Waals surface area (Å²) in [5.41, 5.74) is 22.2. The minimum Gasteiger partial charge on any atom is -0.870 e. The molecule has 14 N–H and O–H groups in total. The minimum atomic E-state index is -0.870. The van der Waals surface area contributed by atoms with Crippen molar-refractivity contribution in [2.24, 2.45) is 5.90 Å². The van der Waals surface area contributed by atoms with Crippen LogP contribution in [0.25, 0.3) is 54.5 Å². The summed E-state index contributed by atoms with van der Waals surface area (Å²) in [6.07, 6.45) is 10.6. The van der Waals surface area contributed by atoms with Gasteiger partial charge in [-0.25, -0.2) is 4.39 Å². The van der Waals surface area contributed by atoms with E-state index in [-0.39, 0.29) is 133 Å². The number of pyridine rings is 5. The second-order valence-electron chi connectivity index (χ2n) is 26.1.